The summed E-state index contributed by atoms with van der Waals surface area (Å²) < 4.78 is 5.82. The molecule has 2 aliphatic heterocycles. The average Bonchev–Trinajstić information content (AvgIpc) is 2.73. The highest BCUT2D eigenvalue weighted by Crippen LogP contribution is 2.21. The van der Waals surface area contributed by atoms with E-state index >= 15 is 0 Å². The van der Waals surface area contributed by atoms with Crippen LogP contribution in [0.4, 0.5) is 5.95 Å². The third-order valence-electron chi connectivity index (χ3n) is 5.80. The molecule has 1 saturated heterocycles. The van der Waals surface area contributed by atoms with Gasteiger partial charge in [0.15, 0.2) is 0 Å². The van der Waals surface area contributed by atoms with Gasteiger partial charge in [-0.25, -0.2) is 4.98 Å². The molecule has 8 nitrogen and oxygen atoms in total. The fourth-order valence-electron chi connectivity index (χ4n) is 4.48. The quantitative estimate of drug-likeness (QED) is 0.711. The molecule has 0 amide bonds. The normalized spacial score (nSPS) is 22.3. The first-order valence-corrected chi connectivity index (χ1v) is 10.5. The van der Waals surface area contributed by atoms with Crippen molar-refractivity contribution in [1.29, 1.82) is 0 Å². The summed E-state index contributed by atoms with van der Waals surface area (Å²) in [6, 6.07) is 6.20. The largest absolute Gasteiger partial charge is 0.372 e. The second kappa shape index (κ2) is 7.77. The lowest BCUT2D eigenvalue weighted by Crippen LogP contribution is -2.47. The van der Waals surface area contributed by atoms with Gasteiger partial charge in [-0.1, -0.05) is 6.07 Å². The molecule has 1 N–H and O–H groups in total. The van der Waals surface area contributed by atoms with E-state index in [0.29, 0.717) is 18.9 Å². The van der Waals surface area contributed by atoms with Crippen LogP contribution in [0.25, 0.3) is 11.0 Å². The molecule has 8 heteroatoms. The Labute approximate surface area is 174 Å². The van der Waals surface area contributed by atoms with E-state index in [9.17, 15) is 4.79 Å². The first kappa shape index (κ1) is 19.1. The molecule has 0 bridgehead atoms. The summed E-state index contributed by atoms with van der Waals surface area (Å²) in [4.78, 5) is 33.8. The van der Waals surface area contributed by atoms with Gasteiger partial charge < -0.3 is 9.64 Å². The summed E-state index contributed by atoms with van der Waals surface area (Å²) in [5.74, 6) is 0.656. The minimum absolute atomic E-state index is 0.0116. The number of benzene rings is 1. The highest BCUT2D eigenvalue weighted by atomic mass is 16.5. The number of aromatic nitrogens is 4. The number of nitrogens with zero attached hydrogens (tertiary/aromatic N) is 5. The maximum atomic E-state index is 12.7. The van der Waals surface area contributed by atoms with Crippen molar-refractivity contribution in [3.63, 3.8) is 0 Å². The van der Waals surface area contributed by atoms with Crippen LogP contribution in [0.3, 0.4) is 0 Å². The number of rotatable bonds is 3. The molecule has 0 unspecified atom stereocenters. The van der Waals surface area contributed by atoms with Crippen molar-refractivity contribution in [2.75, 3.05) is 24.5 Å². The molecule has 2 aliphatic rings. The van der Waals surface area contributed by atoms with Crippen LogP contribution in [0.1, 0.15) is 30.7 Å². The number of fused-ring (bicyclic) bond motifs is 2. The smallest absolute Gasteiger partial charge is 0.255 e. The van der Waals surface area contributed by atoms with Crippen LogP contribution in [0.15, 0.2) is 35.4 Å². The fourth-order valence-corrected chi connectivity index (χ4v) is 4.48. The maximum Gasteiger partial charge on any atom is 0.255 e. The number of aromatic amines is 1. The summed E-state index contributed by atoms with van der Waals surface area (Å²) in [5.41, 5.74) is 4.67. The lowest BCUT2D eigenvalue weighted by atomic mass is 10.1. The molecule has 2 atom stereocenters. The van der Waals surface area contributed by atoms with E-state index in [1.54, 1.807) is 12.4 Å². The number of nitrogens with one attached hydrogen (secondary N) is 1. The zero-order valence-electron chi connectivity index (χ0n) is 17.3. The van der Waals surface area contributed by atoms with Crippen LogP contribution in [-0.2, 0) is 24.2 Å². The SMILES string of the molecule is C[C@@H]1CN(c2nc3c(c(=O)[nH]2)CCN(Cc2ccc4nccnc4c2)C3)C[C@@H](C)O1. The van der Waals surface area contributed by atoms with E-state index in [1.807, 2.05) is 6.07 Å². The molecule has 4 heterocycles. The topological polar surface area (TPSA) is 87.2 Å². The zero-order valence-corrected chi connectivity index (χ0v) is 17.3. The first-order chi connectivity index (χ1) is 14.5. The van der Waals surface area contributed by atoms with Crippen LogP contribution < -0.4 is 10.5 Å². The van der Waals surface area contributed by atoms with Gasteiger partial charge >= 0.3 is 0 Å². The third kappa shape index (κ3) is 3.80. The van der Waals surface area contributed by atoms with Gasteiger partial charge in [-0.2, -0.15) is 0 Å². The van der Waals surface area contributed by atoms with Crippen LogP contribution in [-0.4, -0.2) is 56.7 Å². The maximum absolute atomic E-state index is 12.7. The van der Waals surface area contributed by atoms with E-state index in [0.717, 1.165) is 48.5 Å². The molecule has 2 aromatic heterocycles. The third-order valence-corrected chi connectivity index (χ3v) is 5.80. The van der Waals surface area contributed by atoms with Gasteiger partial charge in [-0.15, -0.1) is 0 Å². The van der Waals surface area contributed by atoms with Crippen molar-refractivity contribution < 1.29 is 4.74 Å². The number of hydrogen-bond donors (Lipinski definition) is 1. The van der Waals surface area contributed by atoms with Crippen molar-refractivity contribution in [3.05, 3.63) is 57.8 Å². The zero-order chi connectivity index (χ0) is 20.7. The fraction of sp³-hybridized carbons (Fsp3) is 0.455. The van der Waals surface area contributed by atoms with E-state index in [1.165, 1.54) is 5.56 Å². The van der Waals surface area contributed by atoms with Gasteiger partial charge in [-0.3, -0.25) is 24.6 Å². The van der Waals surface area contributed by atoms with Gasteiger partial charge in [0, 0.05) is 50.7 Å². The summed E-state index contributed by atoms with van der Waals surface area (Å²) in [6.45, 7) is 7.86. The number of H-pyrrole nitrogens is 1. The molecule has 0 aliphatic carbocycles. The van der Waals surface area contributed by atoms with Gasteiger partial charge in [0.2, 0.25) is 5.95 Å². The number of anilines is 1. The minimum atomic E-state index is -0.0116. The Hall–Kier alpha value is -2.84. The molecule has 156 valence electrons. The van der Waals surface area contributed by atoms with Gasteiger partial charge in [0.1, 0.15) is 0 Å². The van der Waals surface area contributed by atoms with Crippen LogP contribution in [0.5, 0.6) is 0 Å². The van der Waals surface area contributed by atoms with Crippen LogP contribution in [0, 0.1) is 0 Å². The molecule has 0 radical (unpaired) electrons. The van der Waals surface area contributed by atoms with Crippen molar-refractivity contribution in [3.8, 4) is 0 Å². The van der Waals surface area contributed by atoms with Gasteiger partial charge in [-0.05, 0) is 38.0 Å². The van der Waals surface area contributed by atoms with E-state index in [-0.39, 0.29) is 17.8 Å². The van der Waals surface area contributed by atoms with Crippen molar-refractivity contribution in [1.82, 2.24) is 24.8 Å². The minimum Gasteiger partial charge on any atom is -0.372 e. The molecule has 1 aromatic carbocycles. The van der Waals surface area contributed by atoms with Crippen LogP contribution >= 0.6 is 0 Å². The Kier molecular flexibility index (Phi) is 4.96. The molecule has 0 spiro atoms. The Morgan fingerprint density at radius 3 is 2.70 bits per heavy atom. The lowest BCUT2D eigenvalue weighted by Gasteiger charge is -2.36. The second-order valence-electron chi connectivity index (χ2n) is 8.32. The Morgan fingerprint density at radius 1 is 1.13 bits per heavy atom. The van der Waals surface area contributed by atoms with Crippen molar-refractivity contribution >= 4 is 17.0 Å². The standard InChI is InChI=1S/C22H26N6O2/c1-14-10-28(11-15(2)30-14)22-25-20-13-27(8-5-17(20)21(29)26-22)12-16-3-4-18-19(9-16)24-7-6-23-18/h3-4,6-7,9,14-15H,5,8,10-13H2,1-2H3,(H,25,26,29)/t14-,15-/m1/s1. The monoisotopic (exact) mass is 406 g/mol. The summed E-state index contributed by atoms with van der Waals surface area (Å²) in [7, 11) is 0. The summed E-state index contributed by atoms with van der Waals surface area (Å²) in [5, 5.41) is 0. The highest BCUT2D eigenvalue weighted by molar-refractivity contribution is 5.74. The first-order valence-electron chi connectivity index (χ1n) is 10.5. The molecule has 30 heavy (non-hydrogen) atoms. The van der Waals surface area contributed by atoms with E-state index < -0.39 is 0 Å². The predicted octanol–water partition coefficient (Wildman–Crippen LogP) is 1.88. The average molecular weight is 406 g/mol. The van der Waals surface area contributed by atoms with Crippen molar-refractivity contribution in [2.24, 2.45) is 0 Å². The second-order valence-corrected chi connectivity index (χ2v) is 8.32. The molecule has 0 saturated carbocycles. The van der Waals surface area contributed by atoms with Crippen molar-refractivity contribution in [2.45, 2.75) is 45.6 Å². The van der Waals surface area contributed by atoms with E-state index in [4.69, 9.17) is 9.72 Å². The molecule has 5 rings (SSSR count). The van der Waals surface area contributed by atoms with Gasteiger partial charge in [0.05, 0.1) is 28.9 Å². The highest BCUT2D eigenvalue weighted by Gasteiger charge is 2.27. The summed E-state index contributed by atoms with van der Waals surface area (Å²) >= 11 is 0. The lowest BCUT2D eigenvalue weighted by molar-refractivity contribution is -0.00576. The molecule has 3 aromatic rings. The molecular weight excluding hydrogens is 380 g/mol. The predicted molar refractivity (Wildman–Crippen MR) is 114 cm³/mol. The Balaban J connectivity index is 1.37. The molecular formula is C22H26N6O2. The summed E-state index contributed by atoms with van der Waals surface area (Å²) in [6.07, 6.45) is 4.36. The Bertz CT molecular complexity index is 1120. The number of ether oxygens (including phenoxy) is 1. The Morgan fingerprint density at radius 2 is 1.90 bits per heavy atom. The van der Waals surface area contributed by atoms with Crippen LogP contribution in [0.2, 0.25) is 0 Å². The molecule has 1 fully saturated rings. The van der Waals surface area contributed by atoms with E-state index in [2.05, 4.69) is 50.7 Å². The number of morpholine rings is 1. The van der Waals surface area contributed by atoms with Gasteiger partial charge in [0.25, 0.3) is 5.56 Å². The number of hydrogen-bond acceptors (Lipinski definition) is 7.